The summed E-state index contributed by atoms with van der Waals surface area (Å²) < 4.78 is 11.1. The van der Waals surface area contributed by atoms with E-state index in [-0.39, 0.29) is 5.43 Å². The summed E-state index contributed by atoms with van der Waals surface area (Å²) in [5.41, 5.74) is 3.65. The van der Waals surface area contributed by atoms with E-state index in [2.05, 4.69) is 4.98 Å². The van der Waals surface area contributed by atoms with E-state index in [4.69, 9.17) is 9.47 Å². The molecule has 0 saturated heterocycles. The lowest BCUT2D eigenvalue weighted by molar-refractivity contribution is 0.357. The molecule has 0 N–H and O–H groups in total. The number of benzene rings is 1. The van der Waals surface area contributed by atoms with Gasteiger partial charge in [0.1, 0.15) is 0 Å². The van der Waals surface area contributed by atoms with Gasteiger partial charge in [-0.1, -0.05) is 0 Å². The highest BCUT2D eigenvalue weighted by atomic mass is 16.5. The molecule has 0 amide bonds. The van der Waals surface area contributed by atoms with Crippen LogP contribution in [0.5, 0.6) is 11.5 Å². The molecule has 3 aromatic rings. The molecule has 0 fully saturated rings. The standard InChI is InChI=1S/C18H13NO3/c1-21-14-9-10-7-8-19-17-13-6-4-11(20)3-5-12(13)16(15(10)17)18(14)22-2/h3-9H,1-2H3. The lowest BCUT2D eigenvalue weighted by Crippen LogP contribution is -1.93. The first-order valence-corrected chi connectivity index (χ1v) is 6.93. The second-order valence-electron chi connectivity index (χ2n) is 5.14. The van der Waals surface area contributed by atoms with Gasteiger partial charge in [0.2, 0.25) is 0 Å². The first-order valence-electron chi connectivity index (χ1n) is 6.93. The summed E-state index contributed by atoms with van der Waals surface area (Å²) in [6, 6.07) is 10.7. The second kappa shape index (κ2) is 4.56. The Kier molecular flexibility index (Phi) is 2.66. The normalized spacial score (nSPS) is 11.4. The van der Waals surface area contributed by atoms with Gasteiger partial charge in [0.15, 0.2) is 16.9 Å². The third-order valence-electron chi connectivity index (χ3n) is 4.04. The van der Waals surface area contributed by atoms with Crippen molar-refractivity contribution in [2.45, 2.75) is 0 Å². The summed E-state index contributed by atoms with van der Waals surface area (Å²) in [6.07, 6.45) is 1.77. The third-order valence-corrected chi connectivity index (χ3v) is 4.04. The van der Waals surface area contributed by atoms with Gasteiger partial charge in [-0.25, -0.2) is 0 Å². The average Bonchev–Trinajstić information content (AvgIpc) is 2.72. The Labute approximate surface area is 127 Å². The fraction of sp³-hybridized carbons (Fsp3) is 0.111. The van der Waals surface area contributed by atoms with Crippen LogP contribution in [0.3, 0.4) is 0 Å². The minimum absolute atomic E-state index is 0.0370. The SMILES string of the molecule is COc1cc2ccnc3c2c(c1OC)-c1ccc(=O)ccc1-3. The maximum absolute atomic E-state index is 11.7. The van der Waals surface area contributed by atoms with Crippen LogP contribution < -0.4 is 14.9 Å². The molecule has 4 rings (SSSR count). The summed E-state index contributed by atoms with van der Waals surface area (Å²) >= 11 is 0. The van der Waals surface area contributed by atoms with Crippen molar-refractivity contribution in [1.82, 2.24) is 4.98 Å². The lowest BCUT2D eigenvalue weighted by Gasteiger charge is -2.13. The molecule has 1 aromatic heterocycles. The molecule has 0 bridgehead atoms. The number of pyridine rings is 1. The number of aromatic nitrogens is 1. The van der Waals surface area contributed by atoms with E-state index < -0.39 is 0 Å². The molecule has 0 atom stereocenters. The highest BCUT2D eigenvalue weighted by molar-refractivity contribution is 6.16. The Bertz CT molecular complexity index is 980. The minimum Gasteiger partial charge on any atom is -0.493 e. The summed E-state index contributed by atoms with van der Waals surface area (Å²) in [6.45, 7) is 0. The third kappa shape index (κ3) is 1.58. The van der Waals surface area contributed by atoms with Gasteiger partial charge in [-0.2, -0.15) is 0 Å². The van der Waals surface area contributed by atoms with Crippen molar-refractivity contribution in [1.29, 1.82) is 0 Å². The van der Waals surface area contributed by atoms with E-state index >= 15 is 0 Å². The van der Waals surface area contributed by atoms with E-state index in [1.807, 2.05) is 24.3 Å². The average molecular weight is 291 g/mol. The molecule has 4 heteroatoms. The molecule has 1 aliphatic rings. The highest BCUT2D eigenvalue weighted by Gasteiger charge is 2.27. The summed E-state index contributed by atoms with van der Waals surface area (Å²) in [5.74, 6) is 1.34. The van der Waals surface area contributed by atoms with E-state index in [1.54, 1.807) is 32.5 Å². The number of ether oxygens (including phenoxy) is 2. The Balaban J connectivity index is 2.25. The molecule has 0 unspecified atom stereocenters. The quantitative estimate of drug-likeness (QED) is 0.569. The van der Waals surface area contributed by atoms with Gasteiger partial charge < -0.3 is 9.47 Å². The Morgan fingerprint density at radius 1 is 0.955 bits per heavy atom. The van der Waals surface area contributed by atoms with Crippen LogP contribution in [-0.4, -0.2) is 19.2 Å². The molecule has 22 heavy (non-hydrogen) atoms. The van der Waals surface area contributed by atoms with E-state index in [0.29, 0.717) is 11.5 Å². The van der Waals surface area contributed by atoms with Crippen molar-refractivity contribution < 1.29 is 9.47 Å². The van der Waals surface area contributed by atoms with Gasteiger partial charge in [0.25, 0.3) is 0 Å². The van der Waals surface area contributed by atoms with Gasteiger partial charge in [-0.15, -0.1) is 0 Å². The fourth-order valence-electron chi connectivity index (χ4n) is 3.11. The van der Waals surface area contributed by atoms with Crippen molar-refractivity contribution >= 4 is 10.8 Å². The van der Waals surface area contributed by atoms with Crippen LogP contribution in [0.1, 0.15) is 0 Å². The maximum Gasteiger partial charge on any atom is 0.178 e. The highest BCUT2D eigenvalue weighted by Crippen LogP contribution is 2.52. The maximum atomic E-state index is 11.7. The van der Waals surface area contributed by atoms with Crippen LogP contribution in [0, 0.1) is 0 Å². The molecule has 0 saturated carbocycles. The van der Waals surface area contributed by atoms with Crippen molar-refractivity contribution in [3.8, 4) is 33.9 Å². The summed E-state index contributed by atoms with van der Waals surface area (Å²) in [7, 11) is 3.24. The Morgan fingerprint density at radius 2 is 1.73 bits per heavy atom. The number of rotatable bonds is 2. The number of hydrogen-bond acceptors (Lipinski definition) is 4. The predicted molar refractivity (Wildman–Crippen MR) is 85.5 cm³/mol. The molecule has 0 aliphatic heterocycles. The number of fused-ring (bicyclic) bond motifs is 3. The zero-order valence-corrected chi connectivity index (χ0v) is 12.2. The predicted octanol–water partition coefficient (Wildman–Crippen LogP) is 3.26. The summed E-state index contributed by atoms with van der Waals surface area (Å²) in [5, 5.41) is 2.08. The van der Waals surface area contributed by atoms with Gasteiger partial charge in [-0.05, 0) is 47.3 Å². The topological polar surface area (TPSA) is 48.4 Å². The molecule has 108 valence electrons. The van der Waals surface area contributed by atoms with Gasteiger partial charge >= 0.3 is 0 Å². The number of nitrogens with zero attached hydrogens (tertiary/aromatic N) is 1. The van der Waals surface area contributed by atoms with Crippen molar-refractivity contribution in [2.75, 3.05) is 14.2 Å². The van der Waals surface area contributed by atoms with Crippen LogP contribution in [0.15, 0.2) is 47.4 Å². The zero-order chi connectivity index (χ0) is 15.3. The Morgan fingerprint density at radius 3 is 2.45 bits per heavy atom. The second-order valence-corrected chi connectivity index (χ2v) is 5.14. The Hall–Kier alpha value is -2.88. The monoisotopic (exact) mass is 291 g/mol. The van der Waals surface area contributed by atoms with E-state index in [9.17, 15) is 4.79 Å². The van der Waals surface area contributed by atoms with Crippen LogP contribution in [0.25, 0.3) is 33.2 Å². The van der Waals surface area contributed by atoms with Crippen LogP contribution in [-0.2, 0) is 0 Å². The first-order chi connectivity index (χ1) is 10.7. The van der Waals surface area contributed by atoms with E-state index in [0.717, 1.165) is 33.2 Å². The molecule has 2 aromatic carbocycles. The van der Waals surface area contributed by atoms with Crippen LogP contribution >= 0.6 is 0 Å². The molecule has 0 spiro atoms. The van der Waals surface area contributed by atoms with Crippen molar-refractivity contribution in [3.05, 3.63) is 52.8 Å². The van der Waals surface area contributed by atoms with Crippen molar-refractivity contribution in [2.24, 2.45) is 0 Å². The van der Waals surface area contributed by atoms with Gasteiger partial charge in [-0.3, -0.25) is 9.78 Å². The zero-order valence-electron chi connectivity index (χ0n) is 12.2. The van der Waals surface area contributed by atoms with Crippen LogP contribution in [0.4, 0.5) is 0 Å². The molecule has 0 radical (unpaired) electrons. The smallest absolute Gasteiger partial charge is 0.178 e. The van der Waals surface area contributed by atoms with Crippen LogP contribution in [0.2, 0.25) is 0 Å². The first kappa shape index (κ1) is 12.8. The fourth-order valence-corrected chi connectivity index (χ4v) is 3.11. The molecule has 1 heterocycles. The van der Waals surface area contributed by atoms with Crippen molar-refractivity contribution in [3.63, 3.8) is 0 Å². The molecular formula is C18H13NO3. The molecular weight excluding hydrogens is 278 g/mol. The number of methoxy groups -OCH3 is 2. The summed E-state index contributed by atoms with van der Waals surface area (Å²) in [4.78, 5) is 16.2. The minimum atomic E-state index is -0.0370. The molecule has 4 nitrogen and oxygen atoms in total. The number of hydrogen-bond donors (Lipinski definition) is 0. The van der Waals surface area contributed by atoms with E-state index in [1.165, 1.54) is 0 Å². The lowest BCUT2D eigenvalue weighted by atomic mass is 10.0. The molecule has 1 aliphatic carbocycles. The van der Waals surface area contributed by atoms with Gasteiger partial charge in [0.05, 0.1) is 19.9 Å². The largest absolute Gasteiger partial charge is 0.493 e. The van der Waals surface area contributed by atoms with Gasteiger partial charge in [0, 0.05) is 22.7 Å².